The summed E-state index contributed by atoms with van der Waals surface area (Å²) < 4.78 is 1.79. The number of aryl methyl sites for hydroxylation is 1. The van der Waals surface area contributed by atoms with Gasteiger partial charge in [0.05, 0.1) is 6.20 Å². The van der Waals surface area contributed by atoms with Crippen LogP contribution in [0.3, 0.4) is 0 Å². The Hall–Kier alpha value is -1.36. The molecule has 0 aliphatic heterocycles. The highest BCUT2D eigenvalue weighted by Crippen LogP contribution is 2.30. The van der Waals surface area contributed by atoms with Crippen molar-refractivity contribution in [2.45, 2.75) is 50.5 Å². The van der Waals surface area contributed by atoms with Gasteiger partial charge in [-0.25, -0.2) is 0 Å². The Labute approximate surface area is 121 Å². The molecule has 1 aromatic heterocycles. The largest absolute Gasteiger partial charge is 0.356 e. The van der Waals surface area contributed by atoms with Crippen molar-refractivity contribution in [2.24, 2.45) is 7.05 Å². The van der Waals surface area contributed by atoms with E-state index in [-0.39, 0.29) is 11.4 Å². The van der Waals surface area contributed by atoms with Gasteiger partial charge < -0.3 is 10.6 Å². The lowest BCUT2D eigenvalue weighted by Crippen LogP contribution is -2.48. The number of rotatable bonds is 6. The molecule has 1 heterocycles. The molecule has 2 rings (SSSR count). The predicted molar refractivity (Wildman–Crippen MR) is 79.4 cm³/mol. The molecule has 0 aromatic carbocycles. The van der Waals surface area contributed by atoms with Crippen LogP contribution in [0.4, 0.5) is 0 Å². The van der Waals surface area contributed by atoms with Crippen LogP contribution in [0.5, 0.6) is 0 Å². The molecule has 0 unspecified atom stereocenters. The quantitative estimate of drug-likeness (QED) is 0.827. The van der Waals surface area contributed by atoms with Crippen LogP contribution in [0.1, 0.15) is 44.1 Å². The normalized spacial score (nSPS) is 17.9. The average molecular weight is 278 g/mol. The first kappa shape index (κ1) is 15.0. The third kappa shape index (κ3) is 4.07. The molecular weight excluding hydrogens is 252 g/mol. The molecule has 0 saturated heterocycles. The summed E-state index contributed by atoms with van der Waals surface area (Å²) in [4.78, 5) is 12.1. The van der Waals surface area contributed by atoms with Crippen molar-refractivity contribution in [3.63, 3.8) is 0 Å². The van der Waals surface area contributed by atoms with E-state index in [0.717, 1.165) is 24.8 Å². The molecule has 1 aliphatic carbocycles. The number of amides is 1. The Morgan fingerprint density at radius 2 is 2.15 bits per heavy atom. The second-order valence-corrected chi connectivity index (χ2v) is 5.89. The van der Waals surface area contributed by atoms with Crippen molar-refractivity contribution >= 4 is 5.91 Å². The van der Waals surface area contributed by atoms with Crippen molar-refractivity contribution in [1.82, 2.24) is 20.4 Å². The molecular formula is C15H26N4O. The van der Waals surface area contributed by atoms with Crippen LogP contribution in [-0.2, 0) is 18.3 Å². The van der Waals surface area contributed by atoms with Gasteiger partial charge in [0, 0.05) is 31.7 Å². The Bertz CT molecular complexity index is 435. The standard InChI is InChI=1S/C15H26N4O/c1-16-15(7-4-3-5-8-15)10-14(20)17-9-6-13-11-18-19(2)12-13/h11-12,16H,3-10H2,1-2H3,(H,17,20). The minimum atomic E-state index is 0.0244. The fourth-order valence-corrected chi connectivity index (χ4v) is 3.06. The maximum absolute atomic E-state index is 12.1. The maximum Gasteiger partial charge on any atom is 0.221 e. The van der Waals surface area contributed by atoms with Gasteiger partial charge in [0.1, 0.15) is 0 Å². The number of carbonyl (C=O) groups excluding carboxylic acids is 1. The molecule has 5 heteroatoms. The lowest BCUT2D eigenvalue weighted by molar-refractivity contribution is -0.122. The van der Waals surface area contributed by atoms with Gasteiger partial charge >= 0.3 is 0 Å². The van der Waals surface area contributed by atoms with Gasteiger partial charge in [-0.3, -0.25) is 9.48 Å². The molecule has 0 radical (unpaired) electrons. The van der Waals surface area contributed by atoms with Crippen LogP contribution in [0, 0.1) is 0 Å². The summed E-state index contributed by atoms with van der Waals surface area (Å²) in [5.41, 5.74) is 1.19. The van der Waals surface area contributed by atoms with Crippen molar-refractivity contribution in [3.05, 3.63) is 18.0 Å². The molecule has 1 amide bonds. The molecule has 20 heavy (non-hydrogen) atoms. The summed E-state index contributed by atoms with van der Waals surface area (Å²) >= 11 is 0. The van der Waals surface area contributed by atoms with Gasteiger partial charge in [0.25, 0.3) is 0 Å². The number of nitrogens with one attached hydrogen (secondary N) is 2. The zero-order valence-corrected chi connectivity index (χ0v) is 12.6. The fraction of sp³-hybridized carbons (Fsp3) is 0.733. The molecule has 1 fully saturated rings. The summed E-state index contributed by atoms with van der Waals surface area (Å²) in [5.74, 6) is 0.158. The second kappa shape index (κ2) is 6.88. The zero-order valence-electron chi connectivity index (χ0n) is 12.6. The van der Waals surface area contributed by atoms with Crippen molar-refractivity contribution < 1.29 is 4.79 Å². The zero-order chi connectivity index (χ0) is 14.4. The van der Waals surface area contributed by atoms with E-state index >= 15 is 0 Å². The minimum Gasteiger partial charge on any atom is -0.356 e. The molecule has 0 bridgehead atoms. The Kier molecular flexibility index (Phi) is 5.17. The van der Waals surface area contributed by atoms with Crippen LogP contribution < -0.4 is 10.6 Å². The number of hydrogen-bond donors (Lipinski definition) is 2. The fourth-order valence-electron chi connectivity index (χ4n) is 3.06. The van der Waals surface area contributed by atoms with E-state index in [0.29, 0.717) is 13.0 Å². The monoisotopic (exact) mass is 278 g/mol. The van der Waals surface area contributed by atoms with E-state index < -0.39 is 0 Å². The average Bonchev–Trinajstić information content (AvgIpc) is 2.85. The van der Waals surface area contributed by atoms with Gasteiger partial charge in [-0.1, -0.05) is 19.3 Å². The van der Waals surface area contributed by atoms with E-state index in [1.807, 2.05) is 26.5 Å². The molecule has 0 spiro atoms. The van der Waals surface area contributed by atoms with Gasteiger partial charge in [0.2, 0.25) is 5.91 Å². The molecule has 0 atom stereocenters. The van der Waals surface area contributed by atoms with E-state index in [4.69, 9.17) is 0 Å². The highest BCUT2D eigenvalue weighted by molar-refractivity contribution is 5.77. The van der Waals surface area contributed by atoms with E-state index in [9.17, 15) is 4.79 Å². The second-order valence-electron chi connectivity index (χ2n) is 5.89. The summed E-state index contributed by atoms with van der Waals surface area (Å²) in [6.07, 6.45) is 11.2. The first-order valence-corrected chi connectivity index (χ1v) is 7.57. The Balaban J connectivity index is 1.74. The van der Waals surface area contributed by atoms with Crippen LogP contribution >= 0.6 is 0 Å². The number of aromatic nitrogens is 2. The minimum absolute atomic E-state index is 0.0244. The summed E-state index contributed by atoms with van der Waals surface area (Å²) in [7, 11) is 3.88. The smallest absolute Gasteiger partial charge is 0.221 e. The summed E-state index contributed by atoms with van der Waals surface area (Å²) in [6, 6.07) is 0. The maximum atomic E-state index is 12.1. The van der Waals surface area contributed by atoms with Crippen molar-refractivity contribution in [1.29, 1.82) is 0 Å². The summed E-state index contributed by atoms with van der Waals surface area (Å²) in [5, 5.41) is 10.5. The topological polar surface area (TPSA) is 59.0 Å². The highest BCUT2D eigenvalue weighted by atomic mass is 16.1. The Morgan fingerprint density at radius 1 is 1.40 bits per heavy atom. The van der Waals surface area contributed by atoms with Gasteiger partial charge in [-0.2, -0.15) is 5.10 Å². The third-order valence-corrected chi connectivity index (χ3v) is 4.33. The molecule has 112 valence electrons. The Morgan fingerprint density at radius 3 is 2.75 bits per heavy atom. The van der Waals surface area contributed by atoms with Crippen molar-refractivity contribution in [2.75, 3.05) is 13.6 Å². The van der Waals surface area contributed by atoms with E-state index in [1.54, 1.807) is 4.68 Å². The molecule has 1 aliphatic rings. The number of hydrogen-bond acceptors (Lipinski definition) is 3. The van der Waals surface area contributed by atoms with Crippen LogP contribution in [0.25, 0.3) is 0 Å². The number of carbonyl (C=O) groups is 1. The summed E-state index contributed by atoms with van der Waals surface area (Å²) in [6.45, 7) is 0.685. The van der Waals surface area contributed by atoms with E-state index in [2.05, 4.69) is 15.7 Å². The van der Waals surface area contributed by atoms with Crippen LogP contribution in [0.2, 0.25) is 0 Å². The molecule has 1 saturated carbocycles. The van der Waals surface area contributed by atoms with Crippen LogP contribution in [-0.4, -0.2) is 34.8 Å². The lowest BCUT2D eigenvalue weighted by Gasteiger charge is -2.36. The first-order chi connectivity index (χ1) is 9.63. The molecule has 1 aromatic rings. The van der Waals surface area contributed by atoms with Gasteiger partial charge in [-0.15, -0.1) is 0 Å². The van der Waals surface area contributed by atoms with E-state index in [1.165, 1.54) is 19.3 Å². The lowest BCUT2D eigenvalue weighted by atomic mass is 9.79. The third-order valence-electron chi connectivity index (χ3n) is 4.33. The van der Waals surface area contributed by atoms with Gasteiger partial charge in [0.15, 0.2) is 0 Å². The van der Waals surface area contributed by atoms with Crippen LogP contribution in [0.15, 0.2) is 12.4 Å². The molecule has 5 nitrogen and oxygen atoms in total. The predicted octanol–water partition coefficient (Wildman–Crippen LogP) is 1.39. The van der Waals surface area contributed by atoms with Gasteiger partial charge in [-0.05, 0) is 31.9 Å². The highest BCUT2D eigenvalue weighted by Gasteiger charge is 2.32. The SMILES string of the molecule is CNC1(CC(=O)NCCc2cnn(C)c2)CCCCC1. The number of nitrogens with zero attached hydrogens (tertiary/aromatic N) is 2. The molecule has 2 N–H and O–H groups in total. The first-order valence-electron chi connectivity index (χ1n) is 7.57. The van der Waals surface area contributed by atoms with Crippen molar-refractivity contribution in [3.8, 4) is 0 Å².